The van der Waals surface area contributed by atoms with Crippen LogP contribution in [0.1, 0.15) is 44.2 Å². The molecule has 1 amide bonds. The monoisotopic (exact) mass is 277 g/mol. The number of carboxylic acid groups (broad SMARTS) is 1. The standard InChI is InChI=1S/C16H23NO3/c1-11-8-6-7-9-13(11)12(2)10-14(18)17(5)16(3,4)15(19)20/h6-9,12H,10H2,1-5H3,(H,19,20). The Balaban J connectivity index is 2.81. The fourth-order valence-corrected chi connectivity index (χ4v) is 2.10. The van der Waals surface area contributed by atoms with Crippen molar-refractivity contribution in [2.45, 2.75) is 45.6 Å². The number of hydrogen-bond donors (Lipinski definition) is 1. The van der Waals surface area contributed by atoms with Crippen LogP contribution in [0.2, 0.25) is 0 Å². The van der Waals surface area contributed by atoms with Crippen LogP contribution in [-0.2, 0) is 9.59 Å². The quantitative estimate of drug-likeness (QED) is 0.900. The van der Waals surface area contributed by atoms with Crippen LogP contribution in [0, 0.1) is 6.92 Å². The van der Waals surface area contributed by atoms with Crippen molar-refractivity contribution in [1.29, 1.82) is 0 Å². The van der Waals surface area contributed by atoms with Gasteiger partial charge in [-0.05, 0) is 37.8 Å². The molecule has 0 bridgehead atoms. The van der Waals surface area contributed by atoms with Crippen LogP contribution in [-0.4, -0.2) is 34.5 Å². The van der Waals surface area contributed by atoms with E-state index in [4.69, 9.17) is 5.11 Å². The summed E-state index contributed by atoms with van der Waals surface area (Å²) in [5, 5.41) is 9.16. The van der Waals surface area contributed by atoms with Gasteiger partial charge in [-0.2, -0.15) is 0 Å². The number of carbonyl (C=O) groups excluding carboxylic acids is 1. The second kappa shape index (κ2) is 6.07. The topological polar surface area (TPSA) is 57.6 Å². The molecule has 4 heteroatoms. The van der Waals surface area contributed by atoms with Gasteiger partial charge in [0.2, 0.25) is 5.91 Å². The molecule has 0 fully saturated rings. The molecule has 0 saturated heterocycles. The fraction of sp³-hybridized carbons (Fsp3) is 0.500. The van der Waals surface area contributed by atoms with Crippen LogP contribution in [0.4, 0.5) is 0 Å². The van der Waals surface area contributed by atoms with Crippen molar-refractivity contribution >= 4 is 11.9 Å². The Hall–Kier alpha value is -1.84. The lowest BCUT2D eigenvalue weighted by Crippen LogP contribution is -2.51. The van der Waals surface area contributed by atoms with Crippen LogP contribution in [0.5, 0.6) is 0 Å². The summed E-state index contributed by atoms with van der Waals surface area (Å²) in [4.78, 5) is 24.7. The van der Waals surface area contributed by atoms with Gasteiger partial charge in [-0.15, -0.1) is 0 Å². The molecule has 0 aliphatic heterocycles. The molecule has 4 nitrogen and oxygen atoms in total. The van der Waals surface area contributed by atoms with Crippen LogP contribution < -0.4 is 0 Å². The van der Waals surface area contributed by atoms with E-state index in [0.29, 0.717) is 6.42 Å². The van der Waals surface area contributed by atoms with E-state index < -0.39 is 11.5 Å². The molecule has 110 valence electrons. The zero-order chi connectivity index (χ0) is 15.5. The third kappa shape index (κ3) is 3.38. The lowest BCUT2D eigenvalue weighted by atomic mass is 9.92. The van der Waals surface area contributed by atoms with Gasteiger partial charge in [0.05, 0.1) is 0 Å². The van der Waals surface area contributed by atoms with E-state index in [-0.39, 0.29) is 11.8 Å². The number of likely N-dealkylation sites (N-methyl/N-ethyl adjacent to an activating group) is 1. The molecule has 1 aromatic rings. The van der Waals surface area contributed by atoms with Crippen molar-refractivity contribution in [3.8, 4) is 0 Å². The van der Waals surface area contributed by atoms with E-state index in [2.05, 4.69) is 0 Å². The highest BCUT2D eigenvalue weighted by Gasteiger charge is 2.35. The van der Waals surface area contributed by atoms with Crippen molar-refractivity contribution in [2.24, 2.45) is 0 Å². The van der Waals surface area contributed by atoms with E-state index in [1.165, 1.54) is 18.7 Å². The molecule has 1 aromatic carbocycles. The molecule has 1 atom stereocenters. The molecular weight excluding hydrogens is 254 g/mol. The molecule has 1 rings (SSSR count). The number of hydrogen-bond acceptors (Lipinski definition) is 2. The molecule has 0 spiro atoms. The highest BCUT2D eigenvalue weighted by atomic mass is 16.4. The molecule has 1 N–H and O–H groups in total. The number of rotatable bonds is 5. The summed E-state index contributed by atoms with van der Waals surface area (Å²) in [5.74, 6) is -1.10. The highest BCUT2D eigenvalue weighted by molar-refractivity contribution is 5.86. The molecule has 0 heterocycles. The largest absolute Gasteiger partial charge is 0.480 e. The summed E-state index contributed by atoms with van der Waals surface area (Å²) < 4.78 is 0. The highest BCUT2D eigenvalue weighted by Crippen LogP contribution is 2.24. The van der Waals surface area contributed by atoms with Crippen molar-refractivity contribution in [2.75, 3.05) is 7.05 Å². The zero-order valence-electron chi connectivity index (χ0n) is 12.8. The summed E-state index contributed by atoms with van der Waals surface area (Å²) in [5.41, 5.74) is 1.08. The van der Waals surface area contributed by atoms with E-state index in [1.54, 1.807) is 7.05 Å². The fourth-order valence-electron chi connectivity index (χ4n) is 2.10. The van der Waals surface area contributed by atoms with E-state index >= 15 is 0 Å². The van der Waals surface area contributed by atoms with Gasteiger partial charge in [0.15, 0.2) is 0 Å². The second-order valence-corrected chi connectivity index (χ2v) is 5.78. The van der Waals surface area contributed by atoms with Gasteiger partial charge in [-0.25, -0.2) is 4.79 Å². The molecule has 1 unspecified atom stereocenters. The maximum Gasteiger partial charge on any atom is 0.329 e. The van der Waals surface area contributed by atoms with Crippen molar-refractivity contribution in [3.63, 3.8) is 0 Å². The maximum absolute atomic E-state index is 12.3. The van der Waals surface area contributed by atoms with Crippen LogP contribution in [0.3, 0.4) is 0 Å². The van der Waals surface area contributed by atoms with Crippen LogP contribution in [0.15, 0.2) is 24.3 Å². The summed E-state index contributed by atoms with van der Waals surface area (Å²) in [6.07, 6.45) is 0.304. The van der Waals surface area contributed by atoms with Crippen molar-refractivity contribution in [3.05, 3.63) is 35.4 Å². The number of aliphatic carboxylic acids is 1. The first-order valence-electron chi connectivity index (χ1n) is 6.73. The number of nitrogens with zero attached hydrogens (tertiary/aromatic N) is 1. The third-order valence-electron chi connectivity index (χ3n) is 3.94. The number of amides is 1. The summed E-state index contributed by atoms with van der Waals surface area (Å²) in [6.45, 7) is 7.07. The van der Waals surface area contributed by atoms with Crippen molar-refractivity contribution in [1.82, 2.24) is 4.90 Å². The normalized spacial score (nSPS) is 12.8. The third-order valence-corrected chi connectivity index (χ3v) is 3.94. The molecule has 0 saturated carbocycles. The first-order chi connectivity index (χ1) is 9.17. The number of carbonyl (C=O) groups is 2. The number of aryl methyl sites for hydroxylation is 1. The summed E-state index contributed by atoms with van der Waals surface area (Å²) in [6, 6.07) is 7.94. The molecule has 0 radical (unpaired) electrons. The molecule has 0 aliphatic rings. The maximum atomic E-state index is 12.3. The van der Waals surface area contributed by atoms with E-state index in [1.807, 2.05) is 38.1 Å². The Bertz CT molecular complexity index is 508. The lowest BCUT2D eigenvalue weighted by Gasteiger charge is -2.32. The first-order valence-corrected chi connectivity index (χ1v) is 6.73. The van der Waals surface area contributed by atoms with Gasteiger partial charge < -0.3 is 10.0 Å². The average molecular weight is 277 g/mol. The SMILES string of the molecule is Cc1ccccc1C(C)CC(=O)N(C)C(C)(C)C(=O)O. The van der Waals surface area contributed by atoms with E-state index in [9.17, 15) is 9.59 Å². The Morgan fingerprint density at radius 1 is 1.30 bits per heavy atom. The minimum Gasteiger partial charge on any atom is -0.480 e. The molecular formula is C16H23NO3. The number of carboxylic acids is 1. The van der Waals surface area contributed by atoms with Gasteiger partial charge in [0.1, 0.15) is 5.54 Å². The van der Waals surface area contributed by atoms with Crippen LogP contribution >= 0.6 is 0 Å². The number of benzene rings is 1. The van der Waals surface area contributed by atoms with Crippen molar-refractivity contribution < 1.29 is 14.7 Å². The minimum absolute atomic E-state index is 0.0655. The van der Waals surface area contributed by atoms with Gasteiger partial charge in [-0.3, -0.25) is 4.79 Å². The lowest BCUT2D eigenvalue weighted by molar-refractivity contribution is -0.155. The smallest absolute Gasteiger partial charge is 0.329 e. The second-order valence-electron chi connectivity index (χ2n) is 5.78. The van der Waals surface area contributed by atoms with Gasteiger partial charge in [0.25, 0.3) is 0 Å². The summed E-state index contributed by atoms with van der Waals surface area (Å²) in [7, 11) is 1.54. The minimum atomic E-state index is -1.19. The Kier molecular flexibility index (Phi) is 4.93. The molecule has 0 aliphatic carbocycles. The zero-order valence-corrected chi connectivity index (χ0v) is 12.8. The first kappa shape index (κ1) is 16.2. The molecule has 20 heavy (non-hydrogen) atoms. The Morgan fingerprint density at radius 2 is 1.85 bits per heavy atom. The van der Waals surface area contributed by atoms with Gasteiger partial charge in [-0.1, -0.05) is 31.2 Å². The summed E-state index contributed by atoms with van der Waals surface area (Å²) >= 11 is 0. The predicted octanol–water partition coefficient (Wildman–Crippen LogP) is 2.81. The van der Waals surface area contributed by atoms with Gasteiger partial charge in [0, 0.05) is 13.5 Å². The average Bonchev–Trinajstić information content (AvgIpc) is 2.37. The Morgan fingerprint density at radius 3 is 2.35 bits per heavy atom. The van der Waals surface area contributed by atoms with E-state index in [0.717, 1.165) is 11.1 Å². The predicted molar refractivity (Wildman–Crippen MR) is 78.7 cm³/mol. The van der Waals surface area contributed by atoms with Crippen LogP contribution in [0.25, 0.3) is 0 Å². The van der Waals surface area contributed by atoms with Gasteiger partial charge >= 0.3 is 5.97 Å². The Labute approximate surface area is 120 Å². The molecule has 0 aromatic heterocycles.